The third-order valence-electron chi connectivity index (χ3n) is 10.4. The summed E-state index contributed by atoms with van der Waals surface area (Å²) in [5, 5.41) is 28.2. The molecule has 15 heteroatoms. The zero-order valence-corrected chi connectivity index (χ0v) is 30.0. The van der Waals surface area contributed by atoms with E-state index in [4.69, 9.17) is 24.1 Å². The van der Waals surface area contributed by atoms with E-state index in [-0.39, 0.29) is 60.8 Å². The van der Waals surface area contributed by atoms with Crippen molar-refractivity contribution in [3.8, 4) is 0 Å². The predicted octanol–water partition coefficient (Wildman–Crippen LogP) is 6.64. The molecule has 3 aliphatic rings. The molecule has 284 valence electrons. The molecule has 2 amide bonds. The summed E-state index contributed by atoms with van der Waals surface area (Å²) in [5.41, 5.74) is 1.67. The molecule has 2 atom stereocenters. The summed E-state index contributed by atoms with van der Waals surface area (Å²) in [6.45, 7) is 1.92. The van der Waals surface area contributed by atoms with Gasteiger partial charge >= 0.3 is 11.9 Å². The lowest BCUT2D eigenvalue weighted by Crippen LogP contribution is -2.39. The Labute approximate surface area is 299 Å². The van der Waals surface area contributed by atoms with Crippen LogP contribution in [0.1, 0.15) is 187 Å². The van der Waals surface area contributed by atoms with Gasteiger partial charge in [0.05, 0.1) is 13.0 Å². The van der Waals surface area contributed by atoms with E-state index in [0.29, 0.717) is 12.3 Å². The number of hydrogen-bond acceptors (Lipinski definition) is 12. The van der Waals surface area contributed by atoms with Crippen molar-refractivity contribution in [3.05, 3.63) is 23.4 Å². The SMILES string of the molecule is CCOC(=O)c1noc([C@H](CCCC2CCCCC2)CC(=O)O)n1.O=C(C[C@@H](CCCC1CCCCC1)c1nc(C(=O)NC2CCC2)no1)NO. The highest BCUT2D eigenvalue weighted by atomic mass is 16.5. The molecule has 3 fully saturated rings. The van der Waals surface area contributed by atoms with Crippen LogP contribution < -0.4 is 10.8 Å². The molecule has 3 aliphatic carbocycles. The van der Waals surface area contributed by atoms with Crippen molar-refractivity contribution in [1.82, 2.24) is 31.1 Å². The van der Waals surface area contributed by atoms with E-state index in [0.717, 1.165) is 63.2 Å². The molecule has 2 aromatic heterocycles. The van der Waals surface area contributed by atoms with Gasteiger partial charge in [-0.1, -0.05) is 95.0 Å². The summed E-state index contributed by atoms with van der Waals surface area (Å²) in [6.07, 6.45) is 21.6. The maximum Gasteiger partial charge on any atom is 0.379 e. The summed E-state index contributed by atoms with van der Waals surface area (Å²) in [6, 6.07) is 0.200. The molecule has 2 heterocycles. The van der Waals surface area contributed by atoms with Crippen molar-refractivity contribution in [2.45, 2.75) is 160 Å². The van der Waals surface area contributed by atoms with Gasteiger partial charge in [0.15, 0.2) is 0 Å². The summed E-state index contributed by atoms with van der Waals surface area (Å²) in [7, 11) is 0. The minimum atomic E-state index is -0.909. The van der Waals surface area contributed by atoms with Crippen LogP contribution in [0.15, 0.2) is 9.05 Å². The lowest BCUT2D eigenvalue weighted by molar-refractivity contribution is -0.137. The summed E-state index contributed by atoms with van der Waals surface area (Å²) >= 11 is 0. The lowest BCUT2D eigenvalue weighted by atomic mass is 9.84. The average molecular weight is 717 g/mol. The topological polar surface area (TPSA) is 220 Å². The highest BCUT2D eigenvalue weighted by molar-refractivity contribution is 5.90. The number of hydroxylamine groups is 1. The Kier molecular flexibility index (Phi) is 16.8. The van der Waals surface area contributed by atoms with Gasteiger partial charge in [-0.25, -0.2) is 10.3 Å². The molecule has 0 aromatic carbocycles. The molecule has 0 unspecified atom stereocenters. The van der Waals surface area contributed by atoms with Crippen LogP contribution in [-0.4, -0.2) is 67.0 Å². The molecule has 3 saturated carbocycles. The molecule has 0 radical (unpaired) electrons. The van der Waals surface area contributed by atoms with Crippen LogP contribution in [0.2, 0.25) is 0 Å². The highest BCUT2D eigenvalue weighted by Gasteiger charge is 2.28. The van der Waals surface area contributed by atoms with Crippen molar-refractivity contribution in [1.29, 1.82) is 0 Å². The largest absolute Gasteiger partial charge is 0.481 e. The number of hydrogen-bond donors (Lipinski definition) is 4. The highest BCUT2D eigenvalue weighted by Crippen LogP contribution is 2.32. The van der Waals surface area contributed by atoms with Crippen molar-refractivity contribution < 1.29 is 43.3 Å². The van der Waals surface area contributed by atoms with Crippen LogP contribution in [0.3, 0.4) is 0 Å². The van der Waals surface area contributed by atoms with Crippen molar-refractivity contribution in [3.63, 3.8) is 0 Å². The standard InChI is InChI=1S/C19H30N4O4.C17H26N2O5/c24-16(22-26)12-14(9-4-8-13-6-2-1-3-7-13)19-21-17(23-27-19)18(25)20-15-10-5-11-15;1-2-23-17(22)15-18-16(24-19-15)13(11-14(20)21)10-6-9-12-7-4-3-5-8-12/h13-15,26H,1-12H2,(H,20,25)(H,22,24);12-13H,2-11H2,1H3,(H,20,21)/t14-;13-/m11/s1. The second kappa shape index (κ2) is 21.5. The monoisotopic (exact) mass is 716 g/mol. The number of rotatable bonds is 18. The summed E-state index contributed by atoms with van der Waals surface area (Å²) in [5.74, 6) is -1.14. The Bertz CT molecular complexity index is 1360. The Hall–Kier alpha value is -3.88. The summed E-state index contributed by atoms with van der Waals surface area (Å²) < 4.78 is 15.2. The Balaban J connectivity index is 0.000000230. The fourth-order valence-electron chi connectivity index (χ4n) is 7.34. The van der Waals surface area contributed by atoms with Crippen molar-refractivity contribution in [2.24, 2.45) is 11.8 Å². The second-order valence-corrected chi connectivity index (χ2v) is 14.3. The number of carbonyl (C=O) groups is 4. The minimum Gasteiger partial charge on any atom is -0.481 e. The second-order valence-electron chi connectivity index (χ2n) is 14.3. The van der Waals surface area contributed by atoms with Crippen LogP contribution in [0.5, 0.6) is 0 Å². The predicted molar refractivity (Wildman–Crippen MR) is 183 cm³/mol. The molecule has 15 nitrogen and oxygen atoms in total. The maximum absolute atomic E-state index is 12.2. The van der Waals surface area contributed by atoms with E-state index in [2.05, 4.69) is 25.6 Å². The zero-order chi connectivity index (χ0) is 36.4. The van der Waals surface area contributed by atoms with Gasteiger partial charge in [-0.05, 0) is 56.0 Å². The van der Waals surface area contributed by atoms with E-state index in [1.165, 1.54) is 64.2 Å². The number of amides is 2. The van der Waals surface area contributed by atoms with Gasteiger partial charge < -0.3 is 24.2 Å². The average Bonchev–Trinajstić information content (AvgIpc) is 3.82. The molecule has 2 aromatic rings. The molecule has 0 saturated heterocycles. The first kappa shape index (κ1) is 39.9. The van der Waals surface area contributed by atoms with Gasteiger partial charge in [0, 0.05) is 24.3 Å². The summed E-state index contributed by atoms with van der Waals surface area (Å²) in [4.78, 5) is 54.8. The van der Waals surface area contributed by atoms with E-state index >= 15 is 0 Å². The van der Waals surface area contributed by atoms with Gasteiger partial charge in [0.25, 0.3) is 17.6 Å². The van der Waals surface area contributed by atoms with E-state index in [1.54, 1.807) is 12.4 Å². The smallest absolute Gasteiger partial charge is 0.379 e. The van der Waals surface area contributed by atoms with Crippen LogP contribution in [0.25, 0.3) is 0 Å². The number of ether oxygens (including phenoxy) is 1. The van der Waals surface area contributed by atoms with Gasteiger partial charge in [-0.15, -0.1) is 0 Å². The molecule has 5 rings (SSSR count). The van der Waals surface area contributed by atoms with Crippen LogP contribution >= 0.6 is 0 Å². The van der Waals surface area contributed by atoms with Gasteiger partial charge in [-0.3, -0.25) is 19.6 Å². The zero-order valence-electron chi connectivity index (χ0n) is 30.0. The van der Waals surface area contributed by atoms with Crippen LogP contribution in [0.4, 0.5) is 0 Å². The Morgan fingerprint density at radius 1 is 0.765 bits per heavy atom. The normalized spacial score (nSPS) is 18.1. The van der Waals surface area contributed by atoms with E-state index in [1.807, 2.05) is 0 Å². The number of carboxylic acid groups (broad SMARTS) is 1. The number of carbonyl (C=O) groups excluding carboxylic acids is 3. The number of aliphatic carboxylic acids is 1. The van der Waals surface area contributed by atoms with Gasteiger partial charge in [0.2, 0.25) is 17.7 Å². The number of nitrogens with one attached hydrogen (secondary N) is 2. The van der Waals surface area contributed by atoms with Crippen molar-refractivity contribution in [2.75, 3.05) is 6.61 Å². The number of carboxylic acids is 1. The van der Waals surface area contributed by atoms with Crippen LogP contribution in [-0.2, 0) is 14.3 Å². The molecule has 0 spiro atoms. The molecule has 4 N–H and O–H groups in total. The number of nitrogens with zero attached hydrogens (tertiary/aromatic N) is 4. The molecule has 0 aliphatic heterocycles. The fourth-order valence-corrected chi connectivity index (χ4v) is 7.34. The third-order valence-corrected chi connectivity index (χ3v) is 10.4. The van der Waals surface area contributed by atoms with Gasteiger partial charge in [-0.2, -0.15) is 9.97 Å². The lowest BCUT2D eigenvalue weighted by Gasteiger charge is -2.25. The minimum absolute atomic E-state index is 0.0126. The van der Waals surface area contributed by atoms with E-state index in [9.17, 15) is 19.2 Å². The first-order valence-corrected chi connectivity index (χ1v) is 19.1. The quantitative estimate of drug-likeness (QED) is 0.0723. The van der Waals surface area contributed by atoms with Gasteiger partial charge in [0.1, 0.15) is 0 Å². The molecule has 51 heavy (non-hydrogen) atoms. The molecular formula is C36H56N6O9. The fraction of sp³-hybridized carbons (Fsp3) is 0.778. The van der Waals surface area contributed by atoms with E-state index < -0.39 is 17.8 Å². The third kappa shape index (κ3) is 13.6. The van der Waals surface area contributed by atoms with Crippen molar-refractivity contribution >= 4 is 23.8 Å². The Morgan fingerprint density at radius 2 is 1.29 bits per heavy atom. The number of esters is 1. The number of aromatic nitrogens is 4. The first-order valence-electron chi connectivity index (χ1n) is 19.1. The Morgan fingerprint density at radius 3 is 1.78 bits per heavy atom. The molecular weight excluding hydrogens is 660 g/mol. The molecule has 0 bridgehead atoms. The first-order chi connectivity index (χ1) is 24.7. The van der Waals surface area contributed by atoms with Crippen LogP contribution in [0, 0.1) is 11.8 Å². The maximum atomic E-state index is 12.2.